The lowest BCUT2D eigenvalue weighted by Gasteiger charge is -2.54. The molecule has 2 saturated heterocycles. The number of nitrogens with one attached hydrogen (secondary N) is 1. The maximum Gasteiger partial charge on any atom is 0.254 e. The standard InChI is InChI=1S/C24H27N9O/c1-31-20(16-2-5-25-6-3-16)27-19-21(31)28-23(29-22(19)32-8-10-34-11-9-32)33-7-4-18(30-33)17-12-24(13-17)14-26-15-24/h2-7,17,26H,8-15H2,1H3. The number of anilines is 1. The molecule has 3 aliphatic rings. The Kier molecular flexibility index (Phi) is 4.46. The molecule has 4 aromatic heterocycles. The summed E-state index contributed by atoms with van der Waals surface area (Å²) in [7, 11) is 2.00. The third-order valence-corrected chi connectivity index (χ3v) is 7.53. The fourth-order valence-corrected chi connectivity index (χ4v) is 5.52. The summed E-state index contributed by atoms with van der Waals surface area (Å²) in [6.07, 6.45) is 7.98. The van der Waals surface area contributed by atoms with Gasteiger partial charge in [0.15, 0.2) is 17.0 Å². The lowest BCUT2D eigenvalue weighted by molar-refractivity contribution is 0.0346. The molecule has 1 spiro atoms. The Bertz CT molecular complexity index is 1340. The molecule has 0 bridgehead atoms. The van der Waals surface area contributed by atoms with E-state index in [0.29, 0.717) is 30.5 Å². The molecule has 4 aromatic rings. The van der Waals surface area contributed by atoms with E-state index in [1.54, 1.807) is 12.4 Å². The highest BCUT2D eigenvalue weighted by atomic mass is 16.5. The van der Waals surface area contributed by atoms with Crippen molar-refractivity contribution in [1.29, 1.82) is 0 Å². The van der Waals surface area contributed by atoms with Gasteiger partial charge in [-0.05, 0) is 36.5 Å². The minimum atomic E-state index is 0.519. The summed E-state index contributed by atoms with van der Waals surface area (Å²) in [6.45, 7) is 5.19. The SMILES string of the molecule is Cn1c(-c2ccncc2)nc2c(N3CCOCC3)nc(-n3ccc(C4CC5(CNC5)C4)n3)nc21. The minimum absolute atomic E-state index is 0.519. The van der Waals surface area contributed by atoms with Crippen LogP contribution >= 0.6 is 0 Å². The Hall–Kier alpha value is -3.37. The number of hydrogen-bond acceptors (Lipinski definition) is 8. The Morgan fingerprint density at radius 1 is 1.03 bits per heavy atom. The molecule has 0 atom stereocenters. The molecule has 1 N–H and O–H groups in total. The van der Waals surface area contributed by atoms with Crippen molar-refractivity contribution in [2.24, 2.45) is 12.5 Å². The van der Waals surface area contributed by atoms with Crippen LogP contribution in [0.3, 0.4) is 0 Å². The quantitative estimate of drug-likeness (QED) is 0.496. The van der Waals surface area contributed by atoms with Gasteiger partial charge in [0.1, 0.15) is 5.82 Å². The van der Waals surface area contributed by atoms with Gasteiger partial charge in [0.05, 0.1) is 18.9 Å². The third kappa shape index (κ3) is 3.13. The van der Waals surface area contributed by atoms with Gasteiger partial charge in [0.2, 0.25) is 0 Å². The fraction of sp³-hybridized carbons (Fsp3) is 0.458. The van der Waals surface area contributed by atoms with E-state index >= 15 is 0 Å². The van der Waals surface area contributed by atoms with Gasteiger partial charge in [-0.1, -0.05) is 0 Å². The van der Waals surface area contributed by atoms with Crippen molar-refractivity contribution in [2.75, 3.05) is 44.3 Å². The van der Waals surface area contributed by atoms with Crippen LogP contribution < -0.4 is 10.2 Å². The predicted molar refractivity (Wildman–Crippen MR) is 127 cm³/mol. The molecule has 0 amide bonds. The summed E-state index contributed by atoms with van der Waals surface area (Å²) in [5.74, 6) is 2.78. The van der Waals surface area contributed by atoms with Crippen LogP contribution in [0.1, 0.15) is 24.5 Å². The monoisotopic (exact) mass is 457 g/mol. The van der Waals surface area contributed by atoms with Crippen molar-refractivity contribution in [3.8, 4) is 17.3 Å². The molecule has 0 aromatic carbocycles. The minimum Gasteiger partial charge on any atom is -0.378 e. The second-order valence-electron chi connectivity index (χ2n) is 9.74. The van der Waals surface area contributed by atoms with E-state index in [2.05, 4.69) is 21.3 Å². The van der Waals surface area contributed by atoms with Crippen molar-refractivity contribution in [3.63, 3.8) is 0 Å². The average Bonchev–Trinajstić information content (AvgIpc) is 3.43. The predicted octanol–water partition coefficient (Wildman–Crippen LogP) is 1.91. The van der Waals surface area contributed by atoms with E-state index in [1.807, 2.05) is 34.6 Å². The van der Waals surface area contributed by atoms with Crippen LogP contribution in [-0.2, 0) is 11.8 Å². The van der Waals surface area contributed by atoms with E-state index in [4.69, 9.17) is 24.8 Å². The third-order valence-electron chi connectivity index (χ3n) is 7.53. The molecule has 10 nitrogen and oxygen atoms in total. The maximum atomic E-state index is 5.59. The molecular weight excluding hydrogens is 430 g/mol. The van der Waals surface area contributed by atoms with Crippen LogP contribution in [0, 0.1) is 5.41 Å². The Morgan fingerprint density at radius 3 is 2.56 bits per heavy atom. The molecular formula is C24H27N9O. The molecule has 7 rings (SSSR count). The second-order valence-corrected chi connectivity index (χ2v) is 9.74. The molecule has 6 heterocycles. The number of aryl methyl sites for hydroxylation is 1. The van der Waals surface area contributed by atoms with Gasteiger partial charge in [-0.2, -0.15) is 15.1 Å². The number of fused-ring (bicyclic) bond motifs is 1. The summed E-state index contributed by atoms with van der Waals surface area (Å²) >= 11 is 0. The first kappa shape index (κ1) is 20.0. The Labute approximate surface area is 197 Å². The summed E-state index contributed by atoms with van der Waals surface area (Å²) in [6, 6.07) is 6.05. The lowest BCUT2D eigenvalue weighted by Crippen LogP contribution is -2.59. The zero-order valence-corrected chi connectivity index (χ0v) is 19.2. The van der Waals surface area contributed by atoms with Gasteiger partial charge in [0.25, 0.3) is 5.95 Å². The number of morpholine rings is 1. The first-order valence-electron chi connectivity index (χ1n) is 11.9. The van der Waals surface area contributed by atoms with E-state index in [9.17, 15) is 0 Å². The van der Waals surface area contributed by atoms with E-state index in [1.165, 1.54) is 12.8 Å². The van der Waals surface area contributed by atoms with Crippen molar-refractivity contribution in [3.05, 3.63) is 42.5 Å². The summed E-state index contributed by atoms with van der Waals surface area (Å²) in [5, 5.41) is 8.31. The van der Waals surface area contributed by atoms with Crippen molar-refractivity contribution < 1.29 is 4.74 Å². The number of ether oxygens (including phenoxy) is 1. The number of hydrogen-bond donors (Lipinski definition) is 1. The van der Waals surface area contributed by atoms with Gasteiger partial charge in [-0.15, -0.1) is 0 Å². The van der Waals surface area contributed by atoms with Gasteiger partial charge < -0.3 is 19.5 Å². The summed E-state index contributed by atoms with van der Waals surface area (Å²) < 4.78 is 9.44. The highest BCUT2D eigenvalue weighted by Crippen LogP contribution is 2.52. The van der Waals surface area contributed by atoms with Crippen molar-refractivity contribution in [1.82, 2.24) is 39.6 Å². The Balaban J connectivity index is 1.31. The largest absolute Gasteiger partial charge is 0.378 e. The van der Waals surface area contributed by atoms with Crippen LogP contribution in [-0.4, -0.2) is 73.7 Å². The average molecular weight is 458 g/mol. The zero-order chi connectivity index (χ0) is 22.7. The molecule has 0 radical (unpaired) electrons. The number of rotatable bonds is 4. The first-order chi connectivity index (χ1) is 16.7. The van der Waals surface area contributed by atoms with Gasteiger partial charge in [-0.3, -0.25) is 4.98 Å². The molecule has 174 valence electrons. The zero-order valence-electron chi connectivity index (χ0n) is 19.2. The molecule has 10 heteroatoms. The highest BCUT2D eigenvalue weighted by Gasteiger charge is 2.49. The topological polar surface area (TPSA) is 98.8 Å². The molecule has 1 saturated carbocycles. The maximum absolute atomic E-state index is 5.59. The van der Waals surface area contributed by atoms with Crippen LogP contribution in [0.15, 0.2) is 36.8 Å². The van der Waals surface area contributed by atoms with Crippen LogP contribution in [0.5, 0.6) is 0 Å². The van der Waals surface area contributed by atoms with E-state index in [0.717, 1.165) is 60.2 Å². The van der Waals surface area contributed by atoms with Crippen LogP contribution in [0.2, 0.25) is 0 Å². The van der Waals surface area contributed by atoms with Crippen LogP contribution in [0.25, 0.3) is 28.5 Å². The second kappa shape index (κ2) is 7.57. The van der Waals surface area contributed by atoms with Gasteiger partial charge in [0, 0.05) is 63.3 Å². The molecule has 34 heavy (non-hydrogen) atoms. The van der Waals surface area contributed by atoms with Gasteiger partial charge >= 0.3 is 0 Å². The van der Waals surface area contributed by atoms with Crippen molar-refractivity contribution in [2.45, 2.75) is 18.8 Å². The normalized spacial score (nSPS) is 20.0. The first-order valence-corrected chi connectivity index (χ1v) is 11.9. The lowest BCUT2D eigenvalue weighted by atomic mass is 9.58. The molecule has 3 fully saturated rings. The van der Waals surface area contributed by atoms with Crippen molar-refractivity contribution >= 4 is 17.0 Å². The smallest absolute Gasteiger partial charge is 0.254 e. The van der Waals surface area contributed by atoms with E-state index < -0.39 is 0 Å². The van der Waals surface area contributed by atoms with E-state index in [-0.39, 0.29) is 0 Å². The number of imidazole rings is 1. The highest BCUT2D eigenvalue weighted by molar-refractivity contribution is 5.87. The summed E-state index contributed by atoms with van der Waals surface area (Å²) in [5.41, 5.74) is 4.24. The van der Waals surface area contributed by atoms with Crippen LogP contribution in [0.4, 0.5) is 5.82 Å². The Morgan fingerprint density at radius 2 is 1.82 bits per heavy atom. The number of aromatic nitrogens is 7. The number of pyridine rings is 1. The molecule has 2 aliphatic heterocycles. The molecule has 1 aliphatic carbocycles. The van der Waals surface area contributed by atoms with Gasteiger partial charge in [-0.25, -0.2) is 9.67 Å². The number of nitrogens with zero attached hydrogens (tertiary/aromatic N) is 8. The summed E-state index contributed by atoms with van der Waals surface area (Å²) in [4.78, 5) is 21.3. The fourth-order valence-electron chi connectivity index (χ4n) is 5.52. The molecule has 0 unspecified atom stereocenters.